The van der Waals surface area contributed by atoms with Gasteiger partial charge in [-0.2, -0.15) is 0 Å². The third-order valence-electron chi connectivity index (χ3n) is 3.67. The van der Waals surface area contributed by atoms with E-state index in [1.807, 2.05) is 23.5 Å². The first kappa shape index (κ1) is 14.6. The van der Waals surface area contributed by atoms with Crippen LogP contribution in [0.2, 0.25) is 5.02 Å². The van der Waals surface area contributed by atoms with Gasteiger partial charge >= 0.3 is 0 Å². The molecule has 0 saturated heterocycles. The smallest absolute Gasteiger partial charge is 0.0677 e. The van der Waals surface area contributed by atoms with Crippen LogP contribution in [0.1, 0.15) is 28.3 Å². The molecule has 0 fully saturated rings. The highest BCUT2D eigenvalue weighted by molar-refractivity contribution is 7.12. The molecule has 1 atom stereocenters. The van der Waals surface area contributed by atoms with Crippen LogP contribution < -0.4 is 5.32 Å². The molecule has 0 aliphatic rings. The molecule has 3 aromatic rings. The lowest BCUT2D eigenvalue weighted by molar-refractivity contribution is 0.643. The van der Waals surface area contributed by atoms with Crippen molar-refractivity contribution in [3.8, 4) is 0 Å². The number of halogens is 1. The van der Waals surface area contributed by atoms with Crippen LogP contribution in [0.5, 0.6) is 0 Å². The highest BCUT2D eigenvalue weighted by atomic mass is 35.5. The largest absolute Gasteiger partial charge is 0.306 e. The van der Waals surface area contributed by atoms with E-state index in [2.05, 4.69) is 55.6 Å². The van der Waals surface area contributed by atoms with Gasteiger partial charge in [-0.05, 0) is 42.6 Å². The molecule has 0 radical (unpaired) electrons. The topological polar surface area (TPSA) is 12.0 Å². The third kappa shape index (κ3) is 2.84. The maximum absolute atomic E-state index is 6.34. The Hall–Kier alpha value is -1.35. The molecule has 21 heavy (non-hydrogen) atoms. The molecule has 0 saturated carbocycles. The molecule has 0 spiro atoms. The Balaban J connectivity index is 2.18. The summed E-state index contributed by atoms with van der Waals surface area (Å²) in [7, 11) is 0. The Morgan fingerprint density at radius 1 is 1.05 bits per heavy atom. The standard InChI is InChI=1S/C18H18ClNS/c1-3-20-18(17-11-8-12(2)21-17)15-9-10-16(19)14-7-5-4-6-13(14)15/h4-11,18,20H,3H2,1-2H3. The summed E-state index contributed by atoms with van der Waals surface area (Å²) in [6, 6.07) is 17.1. The maximum atomic E-state index is 6.34. The van der Waals surface area contributed by atoms with Crippen LogP contribution in [0.4, 0.5) is 0 Å². The van der Waals surface area contributed by atoms with Crippen LogP contribution in [0.25, 0.3) is 10.8 Å². The van der Waals surface area contributed by atoms with Gasteiger partial charge in [-0.15, -0.1) is 11.3 Å². The number of hydrogen-bond acceptors (Lipinski definition) is 2. The summed E-state index contributed by atoms with van der Waals surface area (Å²) in [5.74, 6) is 0. The maximum Gasteiger partial charge on any atom is 0.0677 e. The molecule has 1 unspecified atom stereocenters. The first-order valence-corrected chi connectivity index (χ1v) is 8.37. The molecule has 1 N–H and O–H groups in total. The van der Waals surface area contributed by atoms with Gasteiger partial charge in [-0.3, -0.25) is 0 Å². The lowest BCUT2D eigenvalue weighted by Gasteiger charge is -2.19. The second-order valence-corrected chi connectivity index (χ2v) is 6.85. The fraction of sp³-hybridized carbons (Fsp3) is 0.222. The van der Waals surface area contributed by atoms with E-state index in [1.54, 1.807) is 0 Å². The third-order valence-corrected chi connectivity index (χ3v) is 5.06. The minimum Gasteiger partial charge on any atom is -0.306 e. The SMILES string of the molecule is CCNC(c1ccc(C)s1)c1ccc(Cl)c2ccccc12. The van der Waals surface area contributed by atoms with Crippen LogP contribution in [0.15, 0.2) is 48.5 Å². The lowest BCUT2D eigenvalue weighted by Crippen LogP contribution is -2.21. The number of fused-ring (bicyclic) bond motifs is 1. The first-order chi connectivity index (χ1) is 10.2. The molecule has 0 aliphatic carbocycles. The molecule has 0 aliphatic heterocycles. The highest BCUT2D eigenvalue weighted by Crippen LogP contribution is 2.35. The van der Waals surface area contributed by atoms with Crippen LogP contribution in [0.3, 0.4) is 0 Å². The van der Waals surface area contributed by atoms with Crippen molar-refractivity contribution in [2.45, 2.75) is 19.9 Å². The van der Waals surface area contributed by atoms with E-state index in [9.17, 15) is 0 Å². The van der Waals surface area contributed by atoms with Crippen molar-refractivity contribution in [1.82, 2.24) is 5.32 Å². The Bertz CT molecular complexity index is 763. The summed E-state index contributed by atoms with van der Waals surface area (Å²) in [6.07, 6.45) is 0. The van der Waals surface area contributed by atoms with Crippen molar-refractivity contribution >= 4 is 33.7 Å². The summed E-state index contributed by atoms with van der Waals surface area (Å²) in [4.78, 5) is 2.69. The molecule has 2 aromatic carbocycles. The molecule has 3 heteroatoms. The quantitative estimate of drug-likeness (QED) is 0.664. The normalized spacial score (nSPS) is 12.7. The second-order valence-electron chi connectivity index (χ2n) is 5.12. The summed E-state index contributed by atoms with van der Waals surface area (Å²) in [6.45, 7) is 5.22. The van der Waals surface area contributed by atoms with E-state index in [1.165, 1.54) is 20.7 Å². The van der Waals surface area contributed by atoms with Crippen LogP contribution in [-0.4, -0.2) is 6.54 Å². The number of aryl methyl sites for hydroxylation is 1. The molecule has 0 amide bonds. The van der Waals surface area contributed by atoms with Crippen molar-refractivity contribution in [3.05, 3.63) is 68.9 Å². The van der Waals surface area contributed by atoms with Crippen molar-refractivity contribution in [1.29, 1.82) is 0 Å². The Labute approximate surface area is 134 Å². The van der Waals surface area contributed by atoms with Gasteiger partial charge in [0.05, 0.1) is 6.04 Å². The minimum atomic E-state index is 0.218. The average Bonchev–Trinajstić information content (AvgIpc) is 2.92. The molecule has 1 heterocycles. The number of rotatable bonds is 4. The number of thiophene rings is 1. The number of hydrogen-bond donors (Lipinski definition) is 1. The van der Waals surface area contributed by atoms with Gasteiger partial charge in [0.15, 0.2) is 0 Å². The average molecular weight is 316 g/mol. The highest BCUT2D eigenvalue weighted by Gasteiger charge is 2.18. The fourth-order valence-electron chi connectivity index (χ4n) is 2.71. The zero-order valence-corrected chi connectivity index (χ0v) is 13.8. The molecular weight excluding hydrogens is 298 g/mol. The van der Waals surface area contributed by atoms with Gasteiger partial charge < -0.3 is 5.32 Å². The van der Waals surface area contributed by atoms with Crippen LogP contribution in [-0.2, 0) is 0 Å². The molecule has 1 nitrogen and oxygen atoms in total. The Morgan fingerprint density at radius 2 is 1.81 bits per heavy atom. The van der Waals surface area contributed by atoms with Gasteiger partial charge in [-0.1, -0.05) is 48.9 Å². The fourth-order valence-corrected chi connectivity index (χ4v) is 3.91. The summed E-state index contributed by atoms with van der Waals surface area (Å²) in [5, 5.41) is 6.76. The predicted octanol–water partition coefficient (Wildman–Crippen LogP) is 5.56. The van der Waals surface area contributed by atoms with Crippen molar-refractivity contribution < 1.29 is 0 Å². The van der Waals surface area contributed by atoms with Crippen molar-refractivity contribution in [3.63, 3.8) is 0 Å². The molecular formula is C18H18ClNS. The van der Waals surface area contributed by atoms with E-state index in [-0.39, 0.29) is 6.04 Å². The molecule has 1 aromatic heterocycles. The molecule has 108 valence electrons. The van der Waals surface area contributed by atoms with Gasteiger partial charge in [-0.25, -0.2) is 0 Å². The van der Waals surface area contributed by atoms with Crippen LogP contribution >= 0.6 is 22.9 Å². The van der Waals surface area contributed by atoms with Gasteiger partial charge in [0.1, 0.15) is 0 Å². The van der Waals surface area contributed by atoms with Gasteiger partial charge in [0, 0.05) is 20.2 Å². The number of nitrogens with one attached hydrogen (secondary N) is 1. The summed E-state index contributed by atoms with van der Waals surface area (Å²) < 4.78 is 0. The zero-order valence-electron chi connectivity index (χ0n) is 12.2. The van der Waals surface area contributed by atoms with Crippen LogP contribution in [0, 0.1) is 6.92 Å². The minimum absolute atomic E-state index is 0.218. The Kier molecular flexibility index (Phi) is 4.29. The van der Waals surface area contributed by atoms with Gasteiger partial charge in [0.25, 0.3) is 0 Å². The van der Waals surface area contributed by atoms with E-state index in [4.69, 9.17) is 11.6 Å². The summed E-state index contributed by atoms with van der Waals surface area (Å²) >= 11 is 8.19. The zero-order chi connectivity index (χ0) is 14.8. The Morgan fingerprint density at radius 3 is 2.48 bits per heavy atom. The first-order valence-electron chi connectivity index (χ1n) is 7.17. The monoisotopic (exact) mass is 315 g/mol. The van der Waals surface area contributed by atoms with Crippen molar-refractivity contribution in [2.24, 2.45) is 0 Å². The predicted molar refractivity (Wildman–Crippen MR) is 93.5 cm³/mol. The second kappa shape index (κ2) is 6.18. The van der Waals surface area contributed by atoms with E-state index in [0.717, 1.165) is 17.0 Å². The van der Waals surface area contributed by atoms with E-state index in [0.29, 0.717) is 0 Å². The van der Waals surface area contributed by atoms with E-state index >= 15 is 0 Å². The lowest BCUT2D eigenvalue weighted by atomic mass is 9.97. The number of benzene rings is 2. The van der Waals surface area contributed by atoms with E-state index < -0.39 is 0 Å². The molecule has 0 bridgehead atoms. The summed E-state index contributed by atoms with van der Waals surface area (Å²) in [5.41, 5.74) is 1.29. The molecule has 3 rings (SSSR count). The van der Waals surface area contributed by atoms with Gasteiger partial charge in [0.2, 0.25) is 0 Å². The van der Waals surface area contributed by atoms with Crippen molar-refractivity contribution in [2.75, 3.05) is 6.54 Å².